The summed E-state index contributed by atoms with van der Waals surface area (Å²) < 4.78 is 11.2. The summed E-state index contributed by atoms with van der Waals surface area (Å²) in [6.07, 6.45) is 2.87. The predicted octanol–water partition coefficient (Wildman–Crippen LogP) is 4.13. The van der Waals surface area contributed by atoms with Crippen LogP contribution in [0.15, 0.2) is 0 Å². The summed E-state index contributed by atoms with van der Waals surface area (Å²) in [6.45, 7) is 13.0. The molecule has 0 N–H and O–H groups in total. The molecule has 0 unspecified atom stereocenters. The van der Waals surface area contributed by atoms with Crippen molar-refractivity contribution in [3.05, 3.63) is 0 Å². The van der Waals surface area contributed by atoms with Gasteiger partial charge in [0.2, 0.25) is 0 Å². The molecule has 6 nitrogen and oxygen atoms in total. The van der Waals surface area contributed by atoms with Gasteiger partial charge in [0.05, 0.1) is 12.1 Å². The van der Waals surface area contributed by atoms with Gasteiger partial charge >= 0.3 is 12.2 Å². The number of hydrogen-bond donors (Lipinski definition) is 0. The van der Waals surface area contributed by atoms with Crippen LogP contribution >= 0.6 is 0 Å². The molecule has 0 aromatic heterocycles. The zero-order valence-electron chi connectivity index (χ0n) is 16.1. The highest BCUT2D eigenvalue weighted by molar-refractivity contribution is 5.74. The summed E-state index contributed by atoms with van der Waals surface area (Å²) >= 11 is 0. The maximum absolute atomic E-state index is 12.7. The van der Waals surface area contributed by atoms with Crippen molar-refractivity contribution < 1.29 is 19.1 Å². The fraction of sp³-hybridized carbons (Fsp3) is 0.889. The van der Waals surface area contributed by atoms with Crippen LogP contribution in [0.25, 0.3) is 0 Å². The van der Waals surface area contributed by atoms with Crippen molar-refractivity contribution in [2.75, 3.05) is 0 Å². The van der Waals surface area contributed by atoms with Crippen LogP contribution in [-0.4, -0.2) is 51.4 Å². The first kappa shape index (κ1) is 18.9. The topological polar surface area (TPSA) is 59.1 Å². The first-order chi connectivity index (χ1) is 10.9. The lowest BCUT2D eigenvalue weighted by Crippen LogP contribution is -2.47. The first-order valence-corrected chi connectivity index (χ1v) is 8.93. The molecule has 0 aromatic carbocycles. The highest BCUT2D eigenvalue weighted by atomic mass is 16.6. The number of amides is 2. The van der Waals surface area contributed by atoms with Gasteiger partial charge in [0, 0.05) is 0 Å². The standard InChI is InChI=1S/C18H32N2O4/c1-12-19(15(21)23-17(2,3)4)13-10-8-9-11-14(13)20(12)16(22)24-18(5,6)7/h12-14H,8-11H2,1-7H3/t13-,14-/m0/s1. The van der Waals surface area contributed by atoms with E-state index in [9.17, 15) is 9.59 Å². The second kappa shape index (κ2) is 6.45. The molecule has 0 bridgehead atoms. The summed E-state index contributed by atoms with van der Waals surface area (Å²) in [6, 6.07) is 0.0206. The van der Waals surface area contributed by atoms with E-state index in [0.29, 0.717) is 0 Å². The van der Waals surface area contributed by atoms with Crippen LogP contribution in [0, 0.1) is 0 Å². The van der Waals surface area contributed by atoms with E-state index in [1.165, 1.54) is 0 Å². The van der Waals surface area contributed by atoms with Crippen molar-refractivity contribution >= 4 is 12.2 Å². The van der Waals surface area contributed by atoms with Crippen molar-refractivity contribution in [3.8, 4) is 0 Å². The lowest BCUT2D eigenvalue weighted by molar-refractivity contribution is -0.00135. The van der Waals surface area contributed by atoms with Gasteiger partial charge in [-0.25, -0.2) is 9.59 Å². The monoisotopic (exact) mass is 340 g/mol. The minimum absolute atomic E-state index is 0.0103. The molecule has 1 aliphatic carbocycles. The molecule has 2 rings (SSSR count). The zero-order chi connectivity index (χ0) is 18.3. The molecular weight excluding hydrogens is 308 g/mol. The molecule has 1 heterocycles. The average molecular weight is 340 g/mol. The van der Waals surface area contributed by atoms with Crippen LogP contribution < -0.4 is 0 Å². The van der Waals surface area contributed by atoms with E-state index in [2.05, 4.69) is 0 Å². The van der Waals surface area contributed by atoms with E-state index in [-0.39, 0.29) is 30.4 Å². The van der Waals surface area contributed by atoms with E-state index >= 15 is 0 Å². The normalized spacial score (nSPS) is 25.5. The minimum Gasteiger partial charge on any atom is -0.444 e. The number of fused-ring (bicyclic) bond motifs is 1. The highest BCUT2D eigenvalue weighted by Gasteiger charge is 2.52. The molecule has 2 fully saturated rings. The van der Waals surface area contributed by atoms with Crippen molar-refractivity contribution in [2.45, 2.75) is 104 Å². The Balaban J connectivity index is 2.24. The zero-order valence-corrected chi connectivity index (χ0v) is 16.1. The van der Waals surface area contributed by atoms with Gasteiger partial charge < -0.3 is 9.47 Å². The van der Waals surface area contributed by atoms with Gasteiger partial charge in [-0.15, -0.1) is 0 Å². The minimum atomic E-state index is -0.555. The third kappa shape index (κ3) is 4.14. The van der Waals surface area contributed by atoms with Crippen LogP contribution in [-0.2, 0) is 9.47 Å². The Hall–Kier alpha value is -1.46. The smallest absolute Gasteiger partial charge is 0.412 e. The van der Waals surface area contributed by atoms with E-state index in [1.54, 1.807) is 9.80 Å². The van der Waals surface area contributed by atoms with Crippen molar-refractivity contribution in [1.82, 2.24) is 9.80 Å². The summed E-state index contributed by atoms with van der Waals surface area (Å²) in [5, 5.41) is 0. The predicted molar refractivity (Wildman–Crippen MR) is 91.7 cm³/mol. The van der Waals surface area contributed by atoms with Crippen LogP contribution in [0.2, 0.25) is 0 Å². The number of rotatable bonds is 0. The molecule has 1 saturated heterocycles. The van der Waals surface area contributed by atoms with E-state index in [0.717, 1.165) is 25.7 Å². The number of nitrogens with zero attached hydrogens (tertiary/aromatic N) is 2. The van der Waals surface area contributed by atoms with E-state index in [4.69, 9.17) is 9.47 Å². The summed E-state index contributed by atoms with van der Waals surface area (Å²) in [7, 11) is 0. The SMILES string of the molecule is CC1N(C(=O)OC(C)(C)C)[C@H]2CCCC[C@@H]2N1C(=O)OC(C)(C)C. The van der Waals surface area contributed by atoms with Gasteiger partial charge in [0.15, 0.2) is 0 Å². The van der Waals surface area contributed by atoms with Gasteiger partial charge in [0.25, 0.3) is 0 Å². The molecule has 2 atom stereocenters. The van der Waals surface area contributed by atoms with Gasteiger partial charge in [-0.05, 0) is 61.3 Å². The molecule has 0 aromatic rings. The Bertz CT molecular complexity index is 448. The highest BCUT2D eigenvalue weighted by Crippen LogP contribution is 2.38. The Kier molecular flexibility index (Phi) is 5.07. The second-order valence-electron chi connectivity index (χ2n) is 8.83. The van der Waals surface area contributed by atoms with E-state index < -0.39 is 11.2 Å². The number of hydrogen-bond acceptors (Lipinski definition) is 4. The summed E-state index contributed by atoms with van der Waals surface area (Å²) in [4.78, 5) is 28.9. The molecule has 24 heavy (non-hydrogen) atoms. The fourth-order valence-electron chi connectivity index (χ4n) is 3.63. The van der Waals surface area contributed by atoms with Crippen LogP contribution in [0.1, 0.15) is 74.1 Å². The average Bonchev–Trinajstić information content (AvgIpc) is 2.66. The first-order valence-electron chi connectivity index (χ1n) is 8.93. The molecule has 0 radical (unpaired) electrons. The van der Waals surface area contributed by atoms with Crippen LogP contribution in [0.4, 0.5) is 9.59 Å². The number of carbonyl (C=O) groups excluding carboxylic acids is 2. The molecule has 1 aliphatic heterocycles. The van der Waals surface area contributed by atoms with Gasteiger partial charge in [-0.1, -0.05) is 12.8 Å². The Morgan fingerprint density at radius 2 is 1.12 bits per heavy atom. The molecular formula is C18H32N2O4. The van der Waals surface area contributed by atoms with Crippen molar-refractivity contribution in [2.24, 2.45) is 0 Å². The Labute approximate surface area is 145 Å². The molecule has 2 aliphatic rings. The fourth-order valence-corrected chi connectivity index (χ4v) is 3.63. The Morgan fingerprint density at radius 1 is 0.792 bits per heavy atom. The van der Waals surface area contributed by atoms with Gasteiger partial charge in [-0.3, -0.25) is 9.80 Å². The molecule has 0 spiro atoms. The largest absolute Gasteiger partial charge is 0.444 e. The molecule has 138 valence electrons. The molecule has 1 saturated carbocycles. The summed E-state index contributed by atoms with van der Waals surface area (Å²) in [5.41, 5.74) is -1.11. The van der Waals surface area contributed by atoms with Crippen LogP contribution in [0.3, 0.4) is 0 Å². The van der Waals surface area contributed by atoms with Crippen molar-refractivity contribution in [3.63, 3.8) is 0 Å². The lowest BCUT2D eigenvalue weighted by Gasteiger charge is -2.33. The lowest BCUT2D eigenvalue weighted by atomic mass is 9.90. The third-order valence-electron chi connectivity index (χ3n) is 4.42. The van der Waals surface area contributed by atoms with E-state index in [1.807, 2.05) is 48.5 Å². The summed E-state index contributed by atoms with van der Waals surface area (Å²) in [5.74, 6) is 0. The van der Waals surface area contributed by atoms with Gasteiger partial charge in [-0.2, -0.15) is 0 Å². The van der Waals surface area contributed by atoms with Crippen molar-refractivity contribution in [1.29, 1.82) is 0 Å². The number of ether oxygens (including phenoxy) is 2. The number of carbonyl (C=O) groups is 2. The maximum atomic E-state index is 12.7. The molecule has 2 amide bonds. The van der Waals surface area contributed by atoms with Gasteiger partial charge in [0.1, 0.15) is 17.4 Å². The third-order valence-corrected chi connectivity index (χ3v) is 4.42. The van der Waals surface area contributed by atoms with Crippen LogP contribution in [0.5, 0.6) is 0 Å². The molecule has 6 heteroatoms. The quantitative estimate of drug-likeness (QED) is 0.665. The Morgan fingerprint density at radius 3 is 1.42 bits per heavy atom. The second-order valence-corrected chi connectivity index (χ2v) is 8.83. The maximum Gasteiger partial charge on any atom is 0.412 e.